The number of rotatable bonds is 3. The van der Waals surface area contributed by atoms with Crippen LogP contribution in [0.5, 0.6) is 17.2 Å². The third-order valence-corrected chi connectivity index (χ3v) is 2.57. The summed E-state index contributed by atoms with van der Waals surface area (Å²) in [7, 11) is 1.31. The predicted molar refractivity (Wildman–Crippen MR) is 68.6 cm³/mol. The fourth-order valence-electron chi connectivity index (χ4n) is 1.57. The first-order chi connectivity index (χ1) is 9.55. The van der Waals surface area contributed by atoms with E-state index < -0.39 is 11.6 Å². The quantitative estimate of drug-likeness (QED) is 0.874. The van der Waals surface area contributed by atoms with Crippen molar-refractivity contribution >= 4 is 5.69 Å². The van der Waals surface area contributed by atoms with Crippen molar-refractivity contribution in [3.05, 3.63) is 47.5 Å². The summed E-state index contributed by atoms with van der Waals surface area (Å²) in [5.41, 5.74) is 5.57. The molecular formula is C14H10F2N2O2. The van der Waals surface area contributed by atoms with E-state index in [9.17, 15) is 8.78 Å². The minimum Gasteiger partial charge on any atom is -0.494 e. The third kappa shape index (κ3) is 2.62. The summed E-state index contributed by atoms with van der Waals surface area (Å²) in [6, 6.07) is 7.76. The van der Waals surface area contributed by atoms with Gasteiger partial charge in [0.05, 0.1) is 18.4 Å². The summed E-state index contributed by atoms with van der Waals surface area (Å²) in [6.07, 6.45) is 0. The zero-order valence-corrected chi connectivity index (χ0v) is 10.5. The molecule has 0 spiro atoms. The number of halogens is 2. The number of nitrogens with two attached hydrogens (primary N) is 1. The van der Waals surface area contributed by atoms with Crippen molar-refractivity contribution in [2.24, 2.45) is 0 Å². The van der Waals surface area contributed by atoms with Crippen molar-refractivity contribution in [1.29, 1.82) is 5.26 Å². The van der Waals surface area contributed by atoms with Crippen LogP contribution in [-0.2, 0) is 0 Å². The molecule has 2 aromatic carbocycles. The number of hydrogen-bond donors (Lipinski definition) is 1. The molecule has 2 aromatic rings. The molecule has 0 saturated heterocycles. The Balaban J connectivity index is 2.35. The fraction of sp³-hybridized carbons (Fsp3) is 0.0714. The molecule has 0 bridgehead atoms. The van der Waals surface area contributed by atoms with E-state index >= 15 is 0 Å². The molecule has 0 aliphatic heterocycles. The Hall–Kier alpha value is -2.81. The highest BCUT2D eigenvalue weighted by Gasteiger charge is 2.11. The Bertz CT molecular complexity index is 696. The normalized spacial score (nSPS) is 9.90. The van der Waals surface area contributed by atoms with Crippen molar-refractivity contribution in [1.82, 2.24) is 0 Å². The molecule has 0 aromatic heterocycles. The van der Waals surface area contributed by atoms with Gasteiger partial charge in [-0.1, -0.05) is 0 Å². The Morgan fingerprint density at radius 1 is 1.10 bits per heavy atom. The number of nitriles is 1. The van der Waals surface area contributed by atoms with Gasteiger partial charge in [-0.05, 0) is 12.1 Å². The van der Waals surface area contributed by atoms with Gasteiger partial charge < -0.3 is 15.2 Å². The monoisotopic (exact) mass is 276 g/mol. The molecule has 0 radical (unpaired) electrons. The summed E-state index contributed by atoms with van der Waals surface area (Å²) in [6.45, 7) is 0. The number of ether oxygens (including phenoxy) is 2. The first-order valence-corrected chi connectivity index (χ1v) is 5.55. The molecule has 0 heterocycles. The Morgan fingerprint density at radius 2 is 1.85 bits per heavy atom. The van der Waals surface area contributed by atoms with E-state index in [0.717, 1.165) is 12.1 Å². The van der Waals surface area contributed by atoms with Crippen LogP contribution in [0.15, 0.2) is 30.3 Å². The van der Waals surface area contributed by atoms with Gasteiger partial charge in [0, 0.05) is 18.2 Å². The van der Waals surface area contributed by atoms with Gasteiger partial charge in [-0.3, -0.25) is 0 Å². The van der Waals surface area contributed by atoms with Crippen molar-refractivity contribution in [3.63, 3.8) is 0 Å². The molecule has 6 heteroatoms. The molecule has 4 nitrogen and oxygen atoms in total. The van der Waals surface area contributed by atoms with E-state index in [0.29, 0.717) is 0 Å². The highest BCUT2D eigenvalue weighted by molar-refractivity contribution is 5.57. The molecular weight excluding hydrogens is 266 g/mol. The smallest absolute Gasteiger partial charge is 0.167 e. The Kier molecular flexibility index (Phi) is 3.71. The van der Waals surface area contributed by atoms with Gasteiger partial charge in [-0.2, -0.15) is 5.26 Å². The van der Waals surface area contributed by atoms with Crippen LogP contribution in [0.4, 0.5) is 14.5 Å². The lowest BCUT2D eigenvalue weighted by Gasteiger charge is -2.11. The maximum Gasteiger partial charge on any atom is 0.167 e. The van der Waals surface area contributed by atoms with Gasteiger partial charge >= 0.3 is 0 Å². The lowest BCUT2D eigenvalue weighted by Crippen LogP contribution is -1.97. The third-order valence-electron chi connectivity index (χ3n) is 2.57. The summed E-state index contributed by atoms with van der Waals surface area (Å²) in [4.78, 5) is 0. The lowest BCUT2D eigenvalue weighted by atomic mass is 10.2. The fourth-order valence-corrected chi connectivity index (χ4v) is 1.57. The number of nitrogen functional groups attached to an aromatic ring is 1. The second kappa shape index (κ2) is 5.45. The molecule has 20 heavy (non-hydrogen) atoms. The lowest BCUT2D eigenvalue weighted by molar-refractivity contribution is 0.382. The van der Waals surface area contributed by atoms with E-state index in [-0.39, 0.29) is 28.5 Å². The summed E-state index contributed by atoms with van der Waals surface area (Å²) < 4.78 is 37.0. The van der Waals surface area contributed by atoms with Gasteiger partial charge in [0.1, 0.15) is 17.6 Å². The summed E-state index contributed by atoms with van der Waals surface area (Å²) in [5.74, 6) is -1.10. The van der Waals surface area contributed by atoms with Crippen LogP contribution in [0.1, 0.15) is 5.56 Å². The molecule has 0 unspecified atom stereocenters. The van der Waals surface area contributed by atoms with E-state index in [2.05, 4.69) is 0 Å². The number of anilines is 1. The molecule has 2 N–H and O–H groups in total. The van der Waals surface area contributed by atoms with Crippen molar-refractivity contribution < 1.29 is 18.3 Å². The second-order valence-corrected chi connectivity index (χ2v) is 3.88. The average Bonchev–Trinajstić information content (AvgIpc) is 2.42. The zero-order valence-electron chi connectivity index (χ0n) is 10.5. The van der Waals surface area contributed by atoms with Gasteiger partial charge in [-0.15, -0.1) is 0 Å². The van der Waals surface area contributed by atoms with Crippen LogP contribution in [-0.4, -0.2) is 7.11 Å². The Morgan fingerprint density at radius 3 is 2.45 bits per heavy atom. The number of hydrogen-bond acceptors (Lipinski definition) is 4. The van der Waals surface area contributed by atoms with Crippen molar-refractivity contribution in [2.75, 3.05) is 12.8 Å². The average molecular weight is 276 g/mol. The van der Waals surface area contributed by atoms with Crippen LogP contribution in [0, 0.1) is 23.0 Å². The van der Waals surface area contributed by atoms with Crippen LogP contribution < -0.4 is 15.2 Å². The van der Waals surface area contributed by atoms with Crippen LogP contribution >= 0.6 is 0 Å². The summed E-state index contributed by atoms with van der Waals surface area (Å²) in [5, 5.41) is 8.63. The van der Waals surface area contributed by atoms with Gasteiger partial charge in [0.2, 0.25) is 0 Å². The van der Waals surface area contributed by atoms with Crippen LogP contribution in [0.25, 0.3) is 0 Å². The molecule has 0 atom stereocenters. The minimum absolute atomic E-state index is 0.0386. The maximum absolute atomic E-state index is 13.4. The highest BCUT2D eigenvalue weighted by atomic mass is 19.1. The van der Waals surface area contributed by atoms with Crippen molar-refractivity contribution in [2.45, 2.75) is 0 Å². The second-order valence-electron chi connectivity index (χ2n) is 3.88. The molecule has 0 aliphatic carbocycles. The predicted octanol–water partition coefficient (Wildman–Crippen LogP) is 3.22. The largest absolute Gasteiger partial charge is 0.494 e. The molecule has 2 rings (SSSR count). The van der Waals surface area contributed by atoms with Crippen molar-refractivity contribution in [3.8, 4) is 23.3 Å². The molecule has 0 aliphatic rings. The van der Waals surface area contributed by atoms with E-state index in [1.165, 1.54) is 25.3 Å². The highest BCUT2D eigenvalue weighted by Crippen LogP contribution is 2.33. The first kappa shape index (κ1) is 13.6. The molecule has 0 amide bonds. The number of benzene rings is 2. The Labute approximate surface area is 114 Å². The van der Waals surface area contributed by atoms with Gasteiger partial charge in [0.25, 0.3) is 0 Å². The number of nitrogens with zero attached hydrogens (tertiary/aromatic N) is 1. The number of methoxy groups -OCH3 is 1. The van der Waals surface area contributed by atoms with Crippen LogP contribution in [0.3, 0.4) is 0 Å². The summed E-state index contributed by atoms with van der Waals surface area (Å²) >= 11 is 0. The molecule has 0 saturated carbocycles. The molecule has 0 fully saturated rings. The first-order valence-electron chi connectivity index (χ1n) is 5.55. The standard InChI is InChI=1S/C14H10F2N2O2/c1-19-13-6-14(12(18)5-11(13)16)20-9-3-2-8(7-17)10(15)4-9/h2-6H,18H2,1H3. The van der Waals surface area contributed by atoms with E-state index in [4.69, 9.17) is 20.5 Å². The van der Waals surface area contributed by atoms with E-state index in [1.807, 2.05) is 0 Å². The topological polar surface area (TPSA) is 68.3 Å². The van der Waals surface area contributed by atoms with E-state index in [1.54, 1.807) is 6.07 Å². The zero-order chi connectivity index (χ0) is 14.7. The van der Waals surface area contributed by atoms with Gasteiger partial charge in [0.15, 0.2) is 17.3 Å². The van der Waals surface area contributed by atoms with Crippen LogP contribution in [0.2, 0.25) is 0 Å². The SMILES string of the molecule is COc1cc(Oc2ccc(C#N)c(F)c2)c(N)cc1F. The maximum atomic E-state index is 13.4. The minimum atomic E-state index is -0.711. The van der Waals surface area contributed by atoms with Gasteiger partial charge in [-0.25, -0.2) is 8.78 Å². The molecule has 102 valence electrons.